The lowest BCUT2D eigenvalue weighted by Crippen LogP contribution is -2.40. The third-order valence-corrected chi connectivity index (χ3v) is 6.51. The molecule has 0 bridgehead atoms. The third kappa shape index (κ3) is 7.16. The molecule has 1 heterocycles. The van der Waals surface area contributed by atoms with Crippen molar-refractivity contribution >= 4 is 22.6 Å². The smallest absolute Gasteiger partial charge is 0.317 e. The first-order valence-corrected chi connectivity index (χ1v) is 12.9. The number of nitrogens with one attached hydrogen (secondary N) is 2. The Bertz CT molecular complexity index is 1330. The highest BCUT2D eigenvalue weighted by atomic mass is 16.5. The topological polar surface area (TPSA) is 75.7 Å². The summed E-state index contributed by atoms with van der Waals surface area (Å²) >= 11 is 0. The molecule has 4 aromatic rings. The van der Waals surface area contributed by atoms with E-state index in [1.807, 2.05) is 83.8 Å². The normalized spacial score (nSPS) is 11.6. The van der Waals surface area contributed by atoms with Crippen molar-refractivity contribution in [2.24, 2.45) is 0 Å². The molecule has 1 atom stereocenters. The van der Waals surface area contributed by atoms with Crippen LogP contribution in [0.4, 0.5) is 10.5 Å². The first kappa shape index (κ1) is 26.8. The fourth-order valence-electron chi connectivity index (χ4n) is 4.50. The second kappa shape index (κ2) is 13.3. The second-order valence-electron chi connectivity index (χ2n) is 9.32. The molecule has 0 aliphatic heterocycles. The van der Waals surface area contributed by atoms with Crippen LogP contribution < -0.4 is 20.1 Å². The largest absolute Gasteiger partial charge is 0.497 e. The predicted octanol–water partition coefficient (Wildman–Crippen LogP) is 6.24. The highest BCUT2D eigenvalue weighted by molar-refractivity contribution is 5.91. The second-order valence-corrected chi connectivity index (χ2v) is 9.32. The summed E-state index contributed by atoms with van der Waals surface area (Å²) in [6.07, 6.45) is 3.51. The van der Waals surface area contributed by atoms with E-state index < -0.39 is 0 Å². The summed E-state index contributed by atoms with van der Waals surface area (Å²) in [5.41, 5.74) is 3.90. The minimum Gasteiger partial charge on any atom is -0.497 e. The third-order valence-electron chi connectivity index (χ3n) is 6.51. The number of fused-ring (bicyclic) bond motifs is 1. The molecule has 7 heteroatoms. The van der Waals surface area contributed by atoms with Crippen LogP contribution in [0.1, 0.15) is 30.9 Å². The molecule has 0 aliphatic rings. The van der Waals surface area contributed by atoms with Gasteiger partial charge < -0.3 is 25.0 Å². The maximum atomic E-state index is 13.2. The summed E-state index contributed by atoms with van der Waals surface area (Å²) in [7, 11) is 3.33. The number of anilines is 1. The maximum Gasteiger partial charge on any atom is 0.317 e. The van der Waals surface area contributed by atoms with E-state index >= 15 is 0 Å². The molecule has 1 unspecified atom stereocenters. The van der Waals surface area contributed by atoms with Gasteiger partial charge in [0, 0.05) is 42.3 Å². The van der Waals surface area contributed by atoms with Gasteiger partial charge in [0.15, 0.2) is 0 Å². The number of aromatic nitrogens is 1. The minimum atomic E-state index is -0.0941. The molecule has 2 amide bonds. The van der Waals surface area contributed by atoms with Crippen LogP contribution in [0.2, 0.25) is 0 Å². The van der Waals surface area contributed by atoms with Crippen LogP contribution in [0, 0.1) is 0 Å². The lowest BCUT2D eigenvalue weighted by atomic mass is 10.1. The van der Waals surface area contributed by atoms with Gasteiger partial charge in [-0.2, -0.15) is 0 Å². The average Bonchev–Trinajstić information content (AvgIpc) is 2.96. The van der Waals surface area contributed by atoms with Crippen molar-refractivity contribution in [3.63, 3.8) is 0 Å². The first-order chi connectivity index (χ1) is 18.6. The van der Waals surface area contributed by atoms with Crippen LogP contribution in [-0.2, 0) is 13.1 Å². The van der Waals surface area contributed by atoms with Gasteiger partial charge >= 0.3 is 6.03 Å². The molecule has 4 rings (SSSR count). The van der Waals surface area contributed by atoms with Gasteiger partial charge in [0.1, 0.15) is 11.5 Å². The fourth-order valence-corrected chi connectivity index (χ4v) is 4.50. The van der Waals surface area contributed by atoms with Crippen molar-refractivity contribution in [3.8, 4) is 11.5 Å². The quantitative estimate of drug-likeness (QED) is 0.235. The predicted molar refractivity (Wildman–Crippen MR) is 153 cm³/mol. The van der Waals surface area contributed by atoms with Crippen LogP contribution in [0.5, 0.6) is 11.5 Å². The van der Waals surface area contributed by atoms with Gasteiger partial charge in [-0.1, -0.05) is 54.6 Å². The lowest BCUT2D eigenvalue weighted by Gasteiger charge is -2.25. The summed E-state index contributed by atoms with van der Waals surface area (Å²) in [6, 6.07) is 25.8. The standard InChI is InChI=1S/C31H36N4O3/c1-23(34-28-20-27(37-2)19-25-15-9-17-32-30(25)28)11-10-18-35(22-26-14-7-8-16-29(26)38-3)31(36)33-21-24-12-5-4-6-13-24/h4-9,12-17,19-20,23,34H,10-11,18,21-22H2,1-3H3,(H,33,36). The van der Waals surface area contributed by atoms with Gasteiger partial charge in [0.25, 0.3) is 0 Å². The van der Waals surface area contributed by atoms with Gasteiger partial charge in [-0.3, -0.25) is 4.98 Å². The van der Waals surface area contributed by atoms with E-state index in [0.717, 1.165) is 52.1 Å². The molecular weight excluding hydrogens is 476 g/mol. The number of amides is 2. The van der Waals surface area contributed by atoms with Gasteiger partial charge in [-0.05, 0) is 43.5 Å². The number of carbonyl (C=O) groups is 1. The Morgan fingerprint density at radius 3 is 2.55 bits per heavy atom. The molecule has 7 nitrogen and oxygen atoms in total. The Hall–Kier alpha value is -4.26. The molecule has 1 aromatic heterocycles. The molecule has 38 heavy (non-hydrogen) atoms. The minimum absolute atomic E-state index is 0.0941. The van der Waals surface area contributed by atoms with Crippen molar-refractivity contribution in [1.82, 2.24) is 15.2 Å². The molecule has 0 saturated carbocycles. The number of nitrogens with zero attached hydrogens (tertiary/aromatic N) is 2. The van der Waals surface area contributed by atoms with Gasteiger partial charge in [-0.25, -0.2) is 4.79 Å². The van der Waals surface area contributed by atoms with Crippen molar-refractivity contribution in [2.45, 2.75) is 38.9 Å². The van der Waals surface area contributed by atoms with E-state index in [-0.39, 0.29) is 12.1 Å². The summed E-state index contributed by atoms with van der Waals surface area (Å²) < 4.78 is 11.0. The number of hydrogen-bond donors (Lipinski definition) is 2. The number of carbonyl (C=O) groups excluding carboxylic acids is 1. The Morgan fingerprint density at radius 1 is 0.974 bits per heavy atom. The molecule has 0 saturated heterocycles. The average molecular weight is 513 g/mol. The van der Waals surface area contributed by atoms with Gasteiger partial charge in [0.05, 0.1) is 32.0 Å². The van der Waals surface area contributed by atoms with Crippen LogP contribution in [0.3, 0.4) is 0 Å². The molecule has 0 aliphatic carbocycles. The van der Waals surface area contributed by atoms with E-state index in [1.165, 1.54) is 0 Å². The lowest BCUT2D eigenvalue weighted by molar-refractivity contribution is 0.192. The highest BCUT2D eigenvalue weighted by Crippen LogP contribution is 2.28. The van der Waals surface area contributed by atoms with E-state index in [4.69, 9.17) is 9.47 Å². The van der Waals surface area contributed by atoms with E-state index in [9.17, 15) is 4.79 Å². The zero-order valence-corrected chi connectivity index (χ0v) is 22.3. The monoisotopic (exact) mass is 512 g/mol. The zero-order valence-electron chi connectivity index (χ0n) is 22.3. The molecule has 0 spiro atoms. The van der Waals surface area contributed by atoms with Gasteiger partial charge in [0.2, 0.25) is 0 Å². The number of benzene rings is 3. The van der Waals surface area contributed by atoms with E-state index in [1.54, 1.807) is 20.4 Å². The van der Waals surface area contributed by atoms with Gasteiger partial charge in [-0.15, -0.1) is 0 Å². The first-order valence-electron chi connectivity index (χ1n) is 12.9. The molecular formula is C31H36N4O3. The van der Waals surface area contributed by atoms with Crippen molar-refractivity contribution in [3.05, 3.63) is 96.2 Å². The number of hydrogen-bond acceptors (Lipinski definition) is 5. The Kier molecular flexibility index (Phi) is 9.40. The number of para-hydroxylation sites is 1. The summed E-state index contributed by atoms with van der Waals surface area (Å²) in [5.74, 6) is 1.57. The van der Waals surface area contributed by atoms with Crippen LogP contribution >= 0.6 is 0 Å². The van der Waals surface area contributed by atoms with Crippen molar-refractivity contribution in [2.75, 3.05) is 26.1 Å². The maximum absolute atomic E-state index is 13.2. The molecule has 3 aromatic carbocycles. The molecule has 0 fully saturated rings. The highest BCUT2D eigenvalue weighted by Gasteiger charge is 2.17. The van der Waals surface area contributed by atoms with Crippen molar-refractivity contribution < 1.29 is 14.3 Å². The van der Waals surface area contributed by atoms with Crippen molar-refractivity contribution in [1.29, 1.82) is 0 Å². The van der Waals surface area contributed by atoms with E-state index in [0.29, 0.717) is 19.6 Å². The molecule has 0 radical (unpaired) electrons. The van der Waals surface area contributed by atoms with Crippen LogP contribution in [0.15, 0.2) is 85.1 Å². The molecule has 198 valence electrons. The van der Waals surface area contributed by atoms with Crippen LogP contribution in [0.25, 0.3) is 10.9 Å². The number of urea groups is 1. The Morgan fingerprint density at radius 2 is 1.76 bits per heavy atom. The fraction of sp³-hybridized carbons (Fsp3) is 0.290. The van der Waals surface area contributed by atoms with Crippen LogP contribution in [-0.4, -0.2) is 42.7 Å². The number of pyridine rings is 1. The molecule has 2 N–H and O–H groups in total. The Labute approximate surface area is 224 Å². The Balaban J connectivity index is 1.40. The number of ether oxygens (including phenoxy) is 2. The summed E-state index contributed by atoms with van der Waals surface area (Å²) in [5, 5.41) is 7.70. The number of methoxy groups -OCH3 is 2. The SMILES string of the molecule is COc1cc(NC(C)CCCN(Cc2ccccc2OC)C(=O)NCc2ccccc2)c2ncccc2c1. The summed E-state index contributed by atoms with van der Waals surface area (Å²) in [4.78, 5) is 19.7. The zero-order chi connectivity index (χ0) is 26.7. The van der Waals surface area contributed by atoms with E-state index in [2.05, 4.69) is 22.5 Å². The summed E-state index contributed by atoms with van der Waals surface area (Å²) in [6.45, 7) is 3.71. The number of rotatable bonds is 12.